The van der Waals surface area contributed by atoms with Crippen LogP contribution in [0.1, 0.15) is 0 Å². The van der Waals surface area contributed by atoms with Gasteiger partial charge in [-0.2, -0.15) is 0 Å². The summed E-state index contributed by atoms with van der Waals surface area (Å²) in [5.41, 5.74) is 5.42. The summed E-state index contributed by atoms with van der Waals surface area (Å²) in [5, 5.41) is -0.193. The molecule has 3 N–H and O–H groups in total. The van der Waals surface area contributed by atoms with Crippen LogP contribution >= 0.6 is 11.5 Å². The van der Waals surface area contributed by atoms with E-state index in [1.165, 1.54) is 12.1 Å². The number of aromatic nitrogens is 2. The molecular weight excluding hydrogens is 429 g/mol. The van der Waals surface area contributed by atoms with E-state index >= 15 is 4.39 Å². The van der Waals surface area contributed by atoms with Crippen molar-refractivity contribution in [3.8, 4) is 11.1 Å². The second kappa shape index (κ2) is 6.21. The Morgan fingerprint density at radius 1 is 1.06 bits per heavy atom. The van der Waals surface area contributed by atoms with Crippen LogP contribution < -0.4 is 21.8 Å². The fourth-order valence-corrected chi connectivity index (χ4v) is 5.65. The molecule has 3 aromatic heterocycles. The number of nitrogens with two attached hydrogens (primary N) is 1. The van der Waals surface area contributed by atoms with E-state index in [9.17, 15) is 18.4 Å². The molecule has 2 aliphatic rings. The molecule has 4 heterocycles. The number of anilines is 1. The molecule has 1 saturated carbocycles. The number of pyridine rings is 2. The van der Waals surface area contributed by atoms with E-state index in [-0.39, 0.29) is 38.5 Å². The first-order chi connectivity index (χ1) is 14.8. The van der Waals surface area contributed by atoms with Crippen LogP contribution in [0.15, 0.2) is 40.1 Å². The lowest BCUT2D eigenvalue weighted by molar-refractivity contribution is 0.585. The van der Waals surface area contributed by atoms with Gasteiger partial charge in [0.25, 0.3) is 11.1 Å². The fraction of sp³-hybridized carbons (Fsp3) is 0.238. The van der Waals surface area contributed by atoms with Crippen LogP contribution in [0, 0.1) is 29.3 Å². The van der Waals surface area contributed by atoms with Gasteiger partial charge in [-0.15, -0.1) is 0 Å². The zero-order chi connectivity index (χ0) is 21.6. The molecule has 1 aliphatic carbocycles. The number of aromatic amines is 1. The lowest BCUT2D eigenvalue weighted by Crippen LogP contribution is -2.29. The van der Waals surface area contributed by atoms with Crippen LogP contribution in [0.3, 0.4) is 0 Å². The van der Waals surface area contributed by atoms with Crippen molar-refractivity contribution in [3.05, 3.63) is 68.6 Å². The van der Waals surface area contributed by atoms with Crippen LogP contribution in [-0.2, 0) is 0 Å². The molecule has 1 saturated heterocycles. The van der Waals surface area contributed by atoms with Gasteiger partial charge >= 0.3 is 0 Å². The third-order valence-electron chi connectivity index (χ3n) is 6.44. The van der Waals surface area contributed by atoms with E-state index in [4.69, 9.17) is 5.73 Å². The average Bonchev–Trinajstić information content (AvgIpc) is 3.09. The van der Waals surface area contributed by atoms with Crippen molar-refractivity contribution >= 4 is 32.8 Å². The molecule has 0 amide bonds. The van der Waals surface area contributed by atoms with Gasteiger partial charge in [-0.3, -0.25) is 18.4 Å². The van der Waals surface area contributed by atoms with Crippen molar-refractivity contribution in [3.63, 3.8) is 0 Å². The van der Waals surface area contributed by atoms with Crippen LogP contribution in [0.4, 0.5) is 18.9 Å². The summed E-state index contributed by atoms with van der Waals surface area (Å²) in [6, 6.07) is 4.71. The van der Waals surface area contributed by atoms with Gasteiger partial charge in [0.05, 0.1) is 22.1 Å². The Morgan fingerprint density at radius 3 is 2.52 bits per heavy atom. The molecule has 4 aromatic rings. The van der Waals surface area contributed by atoms with E-state index in [2.05, 4.69) is 4.37 Å². The fourth-order valence-electron chi connectivity index (χ4n) is 4.75. The number of benzene rings is 1. The maximum Gasteiger partial charge on any atom is 0.271 e. The molecule has 0 radical (unpaired) electrons. The quantitative estimate of drug-likeness (QED) is 0.498. The second-order valence-corrected chi connectivity index (χ2v) is 8.93. The summed E-state index contributed by atoms with van der Waals surface area (Å²) in [5.74, 6) is -1.60. The van der Waals surface area contributed by atoms with E-state index in [1.54, 1.807) is 0 Å². The molecule has 0 bridgehead atoms. The van der Waals surface area contributed by atoms with Crippen LogP contribution in [0.2, 0.25) is 0 Å². The molecule has 3 atom stereocenters. The molecular formula is C21H15F3N4O2S. The minimum Gasteiger partial charge on any atom is -0.368 e. The van der Waals surface area contributed by atoms with E-state index in [0.29, 0.717) is 24.9 Å². The Bertz CT molecular complexity index is 1510. The molecule has 10 heteroatoms. The Balaban J connectivity index is 1.69. The Hall–Kier alpha value is -3.11. The molecule has 158 valence electrons. The number of H-pyrrole nitrogens is 1. The maximum absolute atomic E-state index is 15.0. The molecule has 0 spiro atoms. The highest BCUT2D eigenvalue weighted by Gasteiger charge is 2.54. The number of piperidine rings is 1. The predicted octanol–water partition coefficient (Wildman–Crippen LogP) is 2.68. The second-order valence-electron chi connectivity index (χ2n) is 8.11. The predicted molar refractivity (Wildman–Crippen MR) is 112 cm³/mol. The summed E-state index contributed by atoms with van der Waals surface area (Å²) in [6.45, 7) is 1.20. The van der Waals surface area contributed by atoms with Gasteiger partial charge < -0.3 is 10.6 Å². The summed E-state index contributed by atoms with van der Waals surface area (Å²) >= 11 is 0.892. The number of hydrogen-bond donors (Lipinski definition) is 2. The number of fused-ring (bicyclic) bond motifs is 3. The minimum absolute atomic E-state index is 0.0167. The number of rotatable bonds is 2. The van der Waals surface area contributed by atoms with Gasteiger partial charge in [0, 0.05) is 36.3 Å². The molecule has 6 rings (SSSR count). The zero-order valence-corrected chi connectivity index (χ0v) is 16.7. The molecule has 31 heavy (non-hydrogen) atoms. The van der Waals surface area contributed by atoms with Gasteiger partial charge in [-0.25, -0.2) is 13.2 Å². The number of hydrogen-bond acceptors (Lipinski definition) is 5. The van der Waals surface area contributed by atoms with Crippen molar-refractivity contribution in [2.45, 2.75) is 6.04 Å². The highest BCUT2D eigenvalue weighted by atomic mass is 32.1. The number of halogens is 3. The summed E-state index contributed by atoms with van der Waals surface area (Å²) < 4.78 is 47.1. The van der Waals surface area contributed by atoms with Crippen molar-refractivity contribution in [2.75, 3.05) is 18.0 Å². The smallest absolute Gasteiger partial charge is 0.271 e. The Kier molecular flexibility index (Phi) is 3.73. The minimum atomic E-state index is -0.845. The van der Waals surface area contributed by atoms with E-state index < -0.39 is 28.6 Å². The summed E-state index contributed by atoms with van der Waals surface area (Å²) in [4.78, 5) is 27.1. The van der Waals surface area contributed by atoms with Gasteiger partial charge in [-0.05, 0) is 30.0 Å². The van der Waals surface area contributed by atoms with E-state index in [1.807, 2.05) is 4.90 Å². The van der Waals surface area contributed by atoms with Crippen molar-refractivity contribution in [2.24, 2.45) is 17.6 Å². The SMILES string of the molecule is NC1[C@H]2CN(c3cc4c(-c5ccc(F)cc5F)c5s[nH]c(=O)c5c(=O)n4cc3F)C[C@@H]12. The monoisotopic (exact) mass is 444 g/mol. The summed E-state index contributed by atoms with van der Waals surface area (Å²) in [6.07, 6.45) is 1.03. The third-order valence-corrected chi connectivity index (χ3v) is 7.34. The van der Waals surface area contributed by atoms with Gasteiger partial charge in [0.15, 0.2) is 5.82 Å². The maximum atomic E-state index is 15.0. The Labute approximate surface area is 176 Å². The molecule has 6 nitrogen and oxygen atoms in total. The van der Waals surface area contributed by atoms with Gasteiger partial charge in [0.1, 0.15) is 17.0 Å². The Morgan fingerprint density at radius 2 is 1.81 bits per heavy atom. The largest absolute Gasteiger partial charge is 0.368 e. The highest BCUT2D eigenvalue weighted by Crippen LogP contribution is 2.46. The van der Waals surface area contributed by atoms with Crippen molar-refractivity contribution in [1.82, 2.24) is 8.77 Å². The molecule has 1 aliphatic heterocycles. The summed E-state index contributed by atoms with van der Waals surface area (Å²) in [7, 11) is 0. The average molecular weight is 444 g/mol. The van der Waals surface area contributed by atoms with Crippen LogP contribution in [-0.4, -0.2) is 27.9 Å². The normalized spacial score (nSPS) is 22.5. The number of nitrogens with one attached hydrogen (secondary N) is 1. The van der Waals surface area contributed by atoms with Crippen LogP contribution in [0.25, 0.3) is 26.7 Å². The lowest BCUT2D eigenvalue weighted by Gasteiger charge is -2.23. The third kappa shape index (κ3) is 2.55. The molecule has 2 fully saturated rings. The van der Waals surface area contributed by atoms with Crippen LogP contribution in [0.5, 0.6) is 0 Å². The lowest BCUT2D eigenvalue weighted by atomic mass is 10.0. The standard InChI is InChI=1S/C21H15F3N4O2S/c22-8-1-2-9(12(23)3-8)16-15-4-14(27-5-10-11(6-27)18(10)25)13(24)7-28(15)21(30)17-19(16)31-26-20(17)29/h1-4,7,10-11,18H,5-6,25H2,(H,26,29)/t10-,11+,18?. The van der Waals surface area contributed by atoms with E-state index in [0.717, 1.165) is 34.3 Å². The van der Waals surface area contributed by atoms with Crippen molar-refractivity contribution < 1.29 is 13.2 Å². The first-order valence-electron chi connectivity index (χ1n) is 9.70. The zero-order valence-electron chi connectivity index (χ0n) is 15.9. The van der Waals surface area contributed by atoms with Crippen molar-refractivity contribution in [1.29, 1.82) is 0 Å². The topological polar surface area (TPSA) is 83.6 Å². The van der Waals surface area contributed by atoms with Gasteiger partial charge in [-0.1, -0.05) is 11.5 Å². The van der Waals surface area contributed by atoms with Gasteiger partial charge in [0.2, 0.25) is 0 Å². The molecule has 1 aromatic carbocycles. The highest BCUT2D eigenvalue weighted by molar-refractivity contribution is 7.14. The molecule has 1 unspecified atom stereocenters. The first-order valence-corrected chi connectivity index (χ1v) is 10.5. The number of nitrogens with zero attached hydrogens (tertiary/aromatic N) is 2. The first kappa shape index (κ1) is 18.6.